The molecule has 0 heterocycles. The molecule has 0 aliphatic heterocycles. The average molecular weight is 280 g/mol. The second-order valence-electron chi connectivity index (χ2n) is 3.91. The van der Waals surface area contributed by atoms with Crippen LogP contribution in [-0.4, -0.2) is 12.9 Å². The molecule has 2 aromatic rings. The van der Waals surface area contributed by atoms with E-state index in [4.69, 9.17) is 22.1 Å². The van der Waals surface area contributed by atoms with E-state index >= 15 is 0 Å². The number of hydrogen-bond donors (Lipinski definition) is 1. The third kappa shape index (κ3) is 2.69. The maximum atomic E-state index is 13.7. The fourth-order valence-electron chi connectivity index (χ4n) is 1.72. The van der Waals surface area contributed by atoms with Gasteiger partial charge in [0, 0.05) is 10.7 Å². The summed E-state index contributed by atoms with van der Waals surface area (Å²) < 4.78 is 18.8. The van der Waals surface area contributed by atoms with Gasteiger partial charge < -0.3 is 10.5 Å². The smallest absolute Gasteiger partial charge is 0.199 e. The number of methoxy groups -OCH3 is 1. The highest BCUT2D eigenvalue weighted by Crippen LogP contribution is 2.26. The molecular formula is C14H11ClFNO2. The lowest BCUT2D eigenvalue weighted by Crippen LogP contribution is -2.07. The molecule has 0 unspecified atom stereocenters. The molecule has 0 fully saturated rings. The van der Waals surface area contributed by atoms with Crippen LogP contribution < -0.4 is 10.5 Å². The molecule has 98 valence electrons. The van der Waals surface area contributed by atoms with Crippen LogP contribution in [0.5, 0.6) is 5.75 Å². The summed E-state index contributed by atoms with van der Waals surface area (Å²) in [6.07, 6.45) is 0. The molecule has 3 nitrogen and oxygen atoms in total. The molecule has 0 aromatic heterocycles. The molecule has 5 heteroatoms. The zero-order valence-corrected chi connectivity index (χ0v) is 10.9. The SMILES string of the molecule is COc1ccc(Cl)cc1C(=O)c1cc(N)ccc1F. The van der Waals surface area contributed by atoms with E-state index in [9.17, 15) is 9.18 Å². The summed E-state index contributed by atoms with van der Waals surface area (Å²) in [6, 6.07) is 8.41. The molecule has 0 aliphatic rings. The number of halogens is 2. The molecule has 0 atom stereocenters. The van der Waals surface area contributed by atoms with E-state index in [1.807, 2.05) is 0 Å². The highest BCUT2D eigenvalue weighted by atomic mass is 35.5. The zero-order chi connectivity index (χ0) is 14.0. The van der Waals surface area contributed by atoms with E-state index in [0.717, 1.165) is 6.07 Å². The third-order valence-electron chi connectivity index (χ3n) is 2.64. The molecule has 0 saturated carbocycles. The number of nitrogens with two attached hydrogens (primary N) is 1. The topological polar surface area (TPSA) is 52.3 Å². The number of anilines is 1. The molecule has 2 N–H and O–H groups in total. The van der Waals surface area contributed by atoms with Crippen molar-refractivity contribution in [1.82, 2.24) is 0 Å². The predicted molar refractivity (Wildman–Crippen MR) is 72.2 cm³/mol. The summed E-state index contributed by atoms with van der Waals surface area (Å²) in [4.78, 5) is 12.3. The lowest BCUT2D eigenvalue weighted by Gasteiger charge is -2.09. The van der Waals surface area contributed by atoms with Crippen LogP contribution in [0.15, 0.2) is 36.4 Å². The first-order chi connectivity index (χ1) is 9.02. The molecule has 19 heavy (non-hydrogen) atoms. The minimum absolute atomic E-state index is 0.111. The molecule has 0 bridgehead atoms. The van der Waals surface area contributed by atoms with Gasteiger partial charge in [-0.15, -0.1) is 0 Å². The van der Waals surface area contributed by atoms with Crippen molar-refractivity contribution < 1.29 is 13.9 Å². The summed E-state index contributed by atoms with van der Waals surface area (Å²) in [5.74, 6) is -0.832. The Bertz CT molecular complexity index is 643. The van der Waals surface area contributed by atoms with E-state index in [2.05, 4.69) is 0 Å². The number of carbonyl (C=O) groups is 1. The number of nitrogen functional groups attached to an aromatic ring is 1. The fraction of sp³-hybridized carbons (Fsp3) is 0.0714. The van der Waals surface area contributed by atoms with Gasteiger partial charge in [0.2, 0.25) is 0 Å². The van der Waals surface area contributed by atoms with Gasteiger partial charge in [-0.2, -0.15) is 0 Å². The van der Waals surface area contributed by atoms with Gasteiger partial charge in [-0.05, 0) is 36.4 Å². The molecule has 2 aromatic carbocycles. The molecule has 0 saturated heterocycles. The van der Waals surface area contributed by atoms with Crippen LogP contribution in [0.2, 0.25) is 5.02 Å². The molecule has 0 amide bonds. The van der Waals surface area contributed by atoms with Crippen molar-refractivity contribution in [1.29, 1.82) is 0 Å². The Kier molecular flexibility index (Phi) is 3.71. The minimum Gasteiger partial charge on any atom is -0.496 e. The van der Waals surface area contributed by atoms with Crippen LogP contribution in [0.25, 0.3) is 0 Å². The van der Waals surface area contributed by atoms with Crippen molar-refractivity contribution >= 4 is 23.1 Å². The van der Waals surface area contributed by atoms with E-state index < -0.39 is 11.6 Å². The van der Waals surface area contributed by atoms with Crippen LogP contribution in [-0.2, 0) is 0 Å². The molecule has 0 spiro atoms. The van der Waals surface area contributed by atoms with Crippen molar-refractivity contribution in [3.63, 3.8) is 0 Å². The Morgan fingerprint density at radius 2 is 1.95 bits per heavy atom. The van der Waals surface area contributed by atoms with Gasteiger partial charge >= 0.3 is 0 Å². The van der Waals surface area contributed by atoms with E-state index in [0.29, 0.717) is 16.5 Å². The Labute approximate surface area is 114 Å². The van der Waals surface area contributed by atoms with Gasteiger partial charge in [-0.3, -0.25) is 4.79 Å². The summed E-state index contributed by atoms with van der Waals surface area (Å²) >= 11 is 5.85. The quantitative estimate of drug-likeness (QED) is 0.693. The Hall–Kier alpha value is -2.07. The predicted octanol–water partition coefficient (Wildman–Crippen LogP) is 3.30. The van der Waals surface area contributed by atoms with Gasteiger partial charge in [0.1, 0.15) is 11.6 Å². The largest absolute Gasteiger partial charge is 0.496 e. The average Bonchev–Trinajstić information content (AvgIpc) is 2.40. The van der Waals surface area contributed by atoms with Crippen LogP contribution in [0.4, 0.5) is 10.1 Å². The standard InChI is InChI=1S/C14H11ClFNO2/c1-19-13-5-2-8(15)6-11(13)14(18)10-7-9(17)3-4-12(10)16/h2-7H,17H2,1H3. The molecule has 0 radical (unpaired) electrons. The second-order valence-corrected chi connectivity index (χ2v) is 4.35. The van der Waals surface area contributed by atoms with E-state index in [1.165, 1.54) is 25.3 Å². The zero-order valence-electron chi connectivity index (χ0n) is 10.1. The summed E-state index contributed by atoms with van der Waals surface area (Å²) in [7, 11) is 1.43. The van der Waals surface area contributed by atoms with Gasteiger partial charge in [-0.1, -0.05) is 11.6 Å². The first kappa shape index (κ1) is 13.4. The van der Waals surface area contributed by atoms with Gasteiger partial charge in [-0.25, -0.2) is 4.39 Å². The van der Waals surface area contributed by atoms with Crippen LogP contribution in [0.3, 0.4) is 0 Å². The second kappa shape index (κ2) is 5.28. The number of benzene rings is 2. The molecular weight excluding hydrogens is 269 g/mol. The summed E-state index contributed by atoms with van der Waals surface area (Å²) in [6.45, 7) is 0. The van der Waals surface area contributed by atoms with Crippen LogP contribution >= 0.6 is 11.6 Å². The van der Waals surface area contributed by atoms with Crippen molar-refractivity contribution in [3.05, 3.63) is 58.4 Å². The number of ketones is 1. The summed E-state index contributed by atoms with van der Waals surface area (Å²) in [5, 5.41) is 0.369. The van der Waals surface area contributed by atoms with Crippen molar-refractivity contribution in [2.75, 3.05) is 12.8 Å². The highest BCUT2D eigenvalue weighted by molar-refractivity contribution is 6.31. The number of carbonyl (C=O) groups excluding carboxylic acids is 1. The Morgan fingerprint density at radius 1 is 1.21 bits per heavy atom. The minimum atomic E-state index is -0.638. The fourth-order valence-corrected chi connectivity index (χ4v) is 1.89. The van der Waals surface area contributed by atoms with E-state index in [1.54, 1.807) is 12.1 Å². The monoisotopic (exact) mass is 279 g/mol. The summed E-state index contributed by atoms with van der Waals surface area (Å²) in [5.41, 5.74) is 5.96. The van der Waals surface area contributed by atoms with Crippen LogP contribution in [0, 0.1) is 5.82 Å². The lowest BCUT2D eigenvalue weighted by atomic mass is 10.0. The number of hydrogen-bond acceptors (Lipinski definition) is 3. The van der Waals surface area contributed by atoms with Gasteiger partial charge in [0.05, 0.1) is 18.2 Å². The third-order valence-corrected chi connectivity index (χ3v) is 2.88. The van der Waals surface area contributed by atoms with E-state index in [-0.39, 0.29) is 11.1 Å². The van der Waals surface area contributed by atoms with Crippen molar-refractivity contribution in [2.45, 2.75) is 0 Å². The van der Waals surface area contributed by atoms with Crippen molar-refractivity contribution in [2.24, 2.45) is 0 Å². The lowest BCUT2D eigenvalue weighted by molar-refractivity contribution is 0.103. The number of ether oxygens (including phenoxy) is 1. The van der Waals surface area contributed by atoms with Gasteiger partial charge in [0.15, 0.2) is 5.78 Å². The van der Waals surface area contributed by atoms with Crippen molar-refractivity contribution in [3.8, 4) is 5.75 Å². The highest BCUT2D eigenvalue weighted by Gasteiger charge is 2.18. The van der Waals surface area contributed by atoms with Crippen LogP contribution in [0.1, 0.15) is 15.9 Å². The molecule has 0 aliphatic carbocycles. The molecule has 2 rings (SSSR count). The Balaban J connectivity index is 2.55. The first-order valence-electron chi connectivity index (χ1n) is 5.46. The number of rotatable bonds is 3. The first-order valence-corrected chi connectivity index (χ1v) is 5.84. The Morgan fingerprint density at radius 3 is 2.63 bits per heavy atom. The van der Waals surface area contributed by atoms with Gasteiger partial charge in [0.25, 0.3) is 0 Å². The normalized spacial score (nSPS) is 10.3. The maximum absolute atomic E-state index is 13.7. The maximum Gasteiger partial charge on any atom is 0.199 e.